The molecule has 4 nitrogen and oxygen atoms in total. The number of aromatic nitrogens is 1. The van der Waals surface area contributed by atoms with E-state index in [2.05, 4.69) is 9.72 Å². The molecule has 0 saturated heterocycles. The highest BCUT2D eigenvalue weighted by Crippen LogP contribution is 2.33. The van der Waals surface area contributed by atoms with Gasteiger partial charge >= 0.3 is 6.61 Å². The molecule has 24 heavy (non-hydrogen) atoms. The summed E-state index contributed by atoms with van der Waals surface area (Å²) in [7, 11) is 1.38. The summed E-state index contributed by atoms with van der Waals surface area (Å²) < 4.78 is 40.4. The summed E-state index contributed by atoms with van der Waals surface area (Å²) in [5, 5.41) is 0.548. The number of methoxy groups -OCH3 is 1. The number of hydrogen-bond acceptors (Lipinski definition) is 4. The molecule has 7 heteroatoms. The van der Waals surface area contributed by atoms with Crippen LogP contribution in [0, 0.1) is 0 Å². The molecule has 0 aliphatic rings. The van der Waals surface area contributed by atoms with Crippen molar-refractivity contribution in [3.63, 3.8) is 0 Å². The number of rotatable bonds is 5. The van der Waals surface area contributed by atoms with E-state index in [1.165, 1.54) is 13.2 Å². The van der Waals surface area contributed by atoms with Crippen molar-refractivity contribution < 1.29 is 22.7 Å². The second kappa shape index (κ2) is 6.88. The van der Waals surface area contributed by atoms with E-state index in [1.54, 1.807) is 42.5 Å². The summed E-state index contributed by atoms with van der Waals surface area (Å²) in [6, 6.07) is 9.90. The molecule has 0 bridgehead atoms. The lowest BCUT2D eigenvalue weighted by atomic mass is 10.1. The van der Waals surface area contributed by atoms with Crippen molar-refractivity contribution >= 4 is 34.9 Å². The average molecular weight is 352 g/mol. The fourth-order valence-electron chi connectivity index (χ4n) is 2.19. The predicted molar refractivity (Wildman–Crippen MR) is 87.6 cm³/mol. The summed E-state index contributed by atoms with van der Waals surface area (Å²) >= 11 is 5.90. The molecule has 0 spiro atoms. The summed E-state index contributed by atoms with van der Waals surface area (Å²) in [5.74, 6) is 0.477. The Morgan fingerprint density at radius 3 is 2.79 bits per heavy atom. The SMILES string of the molecule is COc1cccc(/C=C\c2nc3cc(Cl)ccc3o2)c1OC(F)F. The molecule has 0 atom stereocenters. The van der Waals surface area contributed by atoms with E-state index in [9.17, 15) is 8.78 Å². The normalized spacial score (nSPS) is 11.5. The van der Waals surface area contributed by atoms with Gasteiger partial charge in [0.15, 0.2) is 17.1 Å². The highest BCUT2D eigenvalue weighted by Gasteiger charge is 2.14. The number of nitrogens with zero attached hydrogens (tertiary/aromatic N) is 1. The maximum Gasteiger partial charge on any atom is 0.387 e. The number of oxazole rings is 1. The van der Waals surface area contributed by atoms with Crippen molar-refractivity contribution in [3.8, 4) is 11.5 Å². The van der Waals surface area contributed by atoms with E-state index in [-0.39, 0.29) is 11.5 Å². The van der Waals surface area contributed by atoms with Crippen LogP contribution in [0.2, 0.25) is 5.02 Å². The maximum absolute atomic E-state index is 12.6. The van der Waals surface area contributed by atoms with Gasteiger partial charge in [-0.3, -0.25) is 0 Å². The molecule has 0 amide bonds. The minimum absolute atomic E-state index is 0.0506. The topological polar surface area (TPSA) is 44.5 Å². The number of ether oxygens (including phenoxy) is 2. The van der Waals surface area contributed by atoms with Crippen LogP contribution in [-0.4, -0.2) is 18.7 Å². The lowest BCUT2D eigenvalue weighted by molar-refractivity contribution is -0.0513. The molecule has 0 radical (unpaired) electrons. The van der Waals surface area contributed by atoms with E-state index in [1.807, 2.05) is 0 Å². The predicted octanol–water partition coefficient (Wildman–Crippen LogP) is 5.26. The molecule has 3 rings (SSSR count). The van der Waals surface area contributed by atoms with Crippen LogP contribution < -0.4 is 9.47 Å². The molecule has 124 valence electrons. The van der Waals surface area contributed by atoms with Crippen molar-refractivity contribution in [2.75, 3.05) is 7.11 Å². The molecular weight excluding hydrogens is 340 g/mol. The third-order valence-corrected chi connectivity index (χ3v) is 3.44. The van der Waals surface area contributed by atoms with Gasteiger partial charge in [-0.05, 0) is 30.3 Å². The highest BCUT2D eigenvalue weighted by atomic mass is 35.5. The molecule has 1 aromatic heterocycles. The zero-order valence-electron chi connectivity index (χ0n) is 12.5. The molecule has 0 aliphatic carbocycles. The smallest absolute Gasteiger partial charge is 0.387 e. The molecule has 0 unspecified atom stereocenters. The number of alkyl halides is 2. The Balaban J connectivity index is 1.95. The standard InChI is InChI=1S/C17H12ClF2NO3/c1-22-14-4-2-3-10(16(14)24-17(19)20)5-8-15-21-12-9-11(18)6-7-13(12)23-15/h2-9,17H,1H3/b8-5-. The van der Waals surface area contributed by atoms with Gasteiger partial charge in [0.2, 0.25) is 5.89 Å². The average Bonchev–Trinajstić information content (AvgIpc) is 2.95. The zero-order chi connectivity index (χ0) is 17.1. The molecule has 0 saturated carbocycles. The third-order valence-electron chi connectivity index (χ3n) is 3.21. The van der Waals surface area contributed by atoms with Crippen LogP contribution >= 0.6 is 11.6 Å². The van der Waals surface area contributed by atoms with Gasteiger partial charge in [-0.2, -0.15) is 8.78 Å². The Labute approximate surface area is 141 Å². The van der Waals surface area contributed by atoms with Crippen LogP contribution in [0.25, 0.3) is 23.3 Å². The van der Waals surface area contributed by atoms with Crippen molar-refractivity contribution in [2.24, 2.45) is 0 Å². The van der Waals surface area contributed by atoms with Crippen molar-refractivity contribution in [2.45, 2.75) is 6.61 Å². The minimum atomic E-state index is -2.96. The molecular formula is C17H12ClF2NO3. The van der Waals surface area contributed by atoms with Crippen molar-refractivity contribution in [1.29, 1.82) is 0 Å². The Morgan fingerprint density at radius 1 is 1.21 bits per heavy atom. The Bertz CT molecular complexity index is 893. The van der Waals surface area contributed by atoms with Crippen LogP contribution in [0.5, 0.6) is 11.5 Å². The van der Waals surface area contributed by atoms with Crippen molar-refractivity contribution in [3.05, 3.63) is 52.9 Å². The van der Waals surface area contributed by atoms with Crippen LogP contribution in [0.4, 0.5) is 8.78 Å². The molecule has 2 aromatic carbocycles. The third kappa shape index (κ3) is 3.49. The monoisotopic (exact) mass is 351 g/mol. The number of fused-ring (bicyclic) bond motifs is 1. The number of para-hydroxylation sites is 1. The largest absolute Gasteiger partial charge is 0.493 e. The molecule has 0 fully saturated rings. The van der Waals surface area contributed by atoms with Gasteiger partial charge in [0.05, 0.1) is 7.11 Å². The maximum atomic E-state index is 12.6. The lowest BCUT2D eigenvalue weighted by Gasteiger charge is -2.12. The molecule has 3 aromatic rings. The first-order valence-corrected chi connectivity index (χ1v) is 7.30. The van der Waals surface area contributed by atoms with Crippen molar-refractivity contribution in [1.82, 2.24) is 4.98 Å². The van der Waals surface area contributed by atoms with E-state index >= 15 is 0 Å². The highest BCUT2D eigenvalue weighted by molar-refractivity contribution is 6.31. The van der Waals surface area contributed by atoms with Gasteiger partial charge in [0.1, 0.15) is 5.52 Å². The molecule has 0 aliphatic heterocycles. The zero-order valence-corrected chi connectivity index (χ0v) is 13.3. The van der Waals surface area contributed by atoms with E-state index in [4.69, 9.17) is 20.8 Å². The Hall–Kier alpha value is -2.60. The van der Waals surface area contributed by atoms with Gasteiger partial charge in [-0.1, -0.05) is 23.7 Å². The number of hydrogen-bond donors (Lipinski definition) is 0. The second-order valence-corrected chi connectivity index (χ2v) is 5.19. The first kappa shape index (κ1) is 16.3. The lowest BCUT2D eigenvalue weighted by Crippen LogP contribution is -2.04. The van der Waals surface area contributed by atoms with Gasteiger partial charge in [0, 0.05) is 16.7 Å². The van der Waals surface area contributed by atoms with E-state index in [0.717, 1.165) is 0 Å². The molecule has 1 heterocycles. The second-order valence-electron chi connectivity index (χ2n) is 4.75. The van der Waals surface area contributed by atoms with Gasteiger partial charge in [0.25, 0.3) is 0 Å². The van der Waals surface area contributed by atoms with Crippen LogP contribution in [0.3, 0.4) is 0 Å². The fourth-order valence-corrected chi connectivity index (χ4v) is 2.36. The van der Waals surface area contributed by atoms with E-state index < -0.39 is 6.61 Å². The minimum Gasteiger partial charge on any atom is -0.493 e. The van der Waals surface area contributed by atoms with Crippen LogP contribution in [0.1, 0.15) is 11.5 Å². The summed E-state index contributed by atoms with van der Waals surface area (Å²) in [4.78, 5) is 4.26. The van der Waals surface area contributed by atoms with Gasteiger partial charge < -0.3 is 13.9 Å². The summed E-state index contributed by atoms with van der Waals surface area (Å²) in [5.41, 5.74) is 1.60. The van der Waals surface area contributed by atoms with E-state index in [0.29, 0.717) is 27.6 Å². The van der Waals surface area contributed by atoms with Gasteiger partial charge in [-0.25, -0.2) is 4.98 Å². The summed E-state index contributed by atoms with van der Waals surface area (Å²) in [6.45, 7) is -2.96. The van der Waals surface area contributed by atoms with Crippen LogP contribution in [0.15, 0.2) is 40.8 Å². The first-order chi connectivity index (χ1) is 11.6. The fraction of sp³-hybridized carbons (Fsp3) is 0.118. The first-order valence-electron chi connectivity index (χ1n) is 6.93. The quantitative estimate of drug-likeness (QED) is 0.628. The Morgan fingerprint density at radius 2 is 2.04 bits per heavy atom. The van der Waals surface area contributed by atoms with Gasteiger partial charge in [-0.15, -0.1) is 0 Å². The van der Waals surface area contributed by atoms with Crippen LogP contribution in [-0.2, 0) is 0 Å². The Kier molecular flexibility index (Phi) is 4.66. The number of benzene rings is 2. The number of halogens is 3. The summed E-state index contributed by atoms with van der Waals surface area (Å²) in [6.07, 6.45) is 3.12. The molecule has 0 N–H and O–H groups in total.